The van der Waals surface area contributed by atoms with E-state index < -0.39 is 97.5 Å². The highest BCUT2D eigenvalue weighted by molar-refractivity contribution is 7.47. The Bertz CT molecular complexity index is 2010. The number of esters is 4. The first kappa shape index (κ1) is 103. The lowest BCUT2D eigenvalue weighted by atomic mass is 9.99. The third-order valence-corrected chi connectivity index (χ3v) is 22.5. The van der Waals surface area contributed by atoms with E-state index in [1.807, 2.05) is 0 Å². The summed E-state index contributed by atoms with van der Waals surface area (Å²) in [5.41, 5.74) is 0. The fourth-order valence-corrected chi connectivity index (χ4v) is 15.0. The van der Waals surface area contributed by atoms with E-state index in [1.54, 1.807) is 0 Å². The molecule has 17 nitrogen and oxygen atoms in total. The maximum Gasteiger partial charge on any atom is 0.472 e. The Kier molecular flexibility index (Phi) is 76.0. The zero-order valence-corrected chi connectivity index (χ0v) is 70.8. The van der Waals surface area contributed by atoms with Crippen LogP contribution in [0.2, 0.25) is 0 Å². The standard InChI is InChI=1S/C86H168O17P2/c1-7-10-12-14-16-18-19-20-21-22-23-24-25-26-29-36-41-46-52-58-64-70-86(91)103-82(75-97-84(89)69-63-57-51-45-40-35-30-27-28-33-38-43-48-54-60-66-78(4)5)77-101-105(94,95)99-73-80(87)72-98-104(92,93)100-76-81(74-96-83(88)68-62-56-50-17-15-13-11-8-2)102-85(90)71-65-59-53-47-42-37-32-31-34-39-44-49-55-61-67-79(6)9-3/h78-82,87H,7-77H2,1-6H3,(H,92,93)(H,94,95)/t79?,80-,81+,82+/m0/s1. The molecule has 0 saturated carbocycles. The summed E-state index contributed by atoms with van der Waals surface area (Å²) < 4.78 is 68.8. The van der Waals surface area contributed by atoms with Crippen molar-refractivity contribution < 1.29 is 80.2 Å². The van der Waals surface area contributed by atoms with Gasteiger partial charge in [0, 0.05) is 25.7 Å². The predicted molar refractivity (Wildman–Crippen MR) is 432 cm³/mol. The van der Waals surface area contributed by atoms with Crippen LogP contribution in [-0.2, 0) is 65.4 Å². The lowest BCUT2D eigenvalue weighted by Crippen LogP contribution is -2.30. The zero-order chi connectivity index (χ0) is 77.1. The molecule has 0 aliphatic carbocycles. The third-order valence-electron chi connectivity index (χ3n) is 20.6. The van der Waals surface area contributed by atoms with Gasteiger partial charge in [-0.25, -0.2) is 9.13 Å². The summed E-state index contributed by atoms with van der Waals surface area (Å²) in [7, 11) is -9.92. The number of rotatable bonds is 85. The molecular weight excluding hydrogens is 1370 g/mol. The Balaban J connectivity index is 5.19. The lowest BCUT2D eigenvalue weighted by Gasteiger charge is -2.21. The van der Waals surface area contributed by atoms with Crippen molar-refractivity contribution in [3.05, 3.63) is 0 Å². The van der Waals surface area contributed by atoms with E-state index in [4.69, 9.17) is 37.0 Å². The molecule has 3 N–H and O–H groups in total. The van der Waals surface area contributed by atoms with E-state index in [1.165, 1.54) is 270 Å². The number of carbonyl (C=O) groups is 4. The van der Waals surface area contributed by atoms with E-state index in [0.29, 0.717) is 25.7 Å². The van der Waals surface area contributed by atoms with Crippen LogP contribution in [-0.4, -0.2) is 96.7 Å². The molecule has 19 heteroatoms. The van der Waals surface area contributed by atoms with E-state index in [-0.39, 0.29) is 25.7 Å². The smallest absolute Gasteiger partial charge is 0.462 e. The van der Waals surface area contributed by atoms with Crippen molar-refractivity contribution in [2.24, 2.45) is 11.8 Å². The van der Waals surface area contributed by atoms with Gasteiger partial charge in [0.2, 0.25) is 0 Å². The average molecular weight is 1540 g/mol. The number of unbranched alkanes of at least 4 members (excludes halogenated alkanes) is 54. The van der Waals surface area contributed by atoms with E-state index in [9.17, 15) is 43.2 Å². The zero-order valence-electron chi connectivity index (χ0n) is 69.0. The molecule has 0 aromatic carbocycles. The van der Waals surface area contributed by atoms with Crippen LogP contribution in [0.1, 0.15) is 459 Å². The van der Waals surface area contributed by atoms with Crippen LogP contribution in [0.3, 0.4) is 0 Å². The molecule has 3 unspecified atom stereocenters. The molecule has 0 aromatic heterocycles. The van der Waals surface area contributed by atoms with Gasteiger partial charge in [0.1, 0.15) is 19.3 Å². The molecule has 0 heterocycles. The number of phosphoric acid groups is 2. The molecule has 0 radical (unpaired) electrons. The van der Waals surface area contributed by atoms with Crippen LogP contribution in [0.15, 0.2) is 0 Å². The normalized spacial score (nSPS) is 14.1. The maximum absolute atomic E-state index is 13.1. The van der Waals surface area contributed by atoms with Gasteiger partial charge in [-0.05, 0) is 37.5 Å². The monoisotopic (exact) mass is 1540 g/mol. The minimum Gasteiger partial charge on any atom is -0.462 e. The van der Waals surface area contributed by atoms with Crippen molar-refractivity contribution in [3.8, 4) is 0 Å². The molecule has 0 bridgehead atoms. The van der Waals surface area contributed by atoms with Crippen molar-refractivity contribution in [2.45, 2.75) is 477 Å². The Morgan fingerprint density at radius 1 is 0.276 bits per heavy atom. The van der Waals surface area contributed by atoms with E-state index in [2.05, 4.69) is 41.5 Å². The lowest BCUT2D eigenvalue weighted by molar-refractivity contribution is -0.161. The molecular formula is C86H168O17P2. The van der Waals surface area contributed by atoms with Crippen LogP contribution < -0.4 is 0 Å². The summed E-state index contributed by atoms with van der Waals surface area (Å²) >= 11 is 0. The fraction of sp³-hybridized carbons (Fsp3) is 0.953. The van der Waals surface area contributed by atoms with Crippen LogP contribution >= 0.6 is 15.6 Å². The molecule has 624 valence electrons. The molecule has 0 aliphatic heterocycles. The Morgan fingerprint density at radius 3 is 0.724 bits per heavy atom. The van der Waals surface area contributed by atoms with Crippen LogP contribution in [0.5, 0.6) is 0 Å². The van der Waals surface area contributed by atoms with Gasteiger partial charge in [-0.3, -0.25) is 37.3 Å². The number of ether oxygens (including phenoxy) is 4. The van der Waals surface area contributed by atoms with E-state index in [0.717, 1.165) is 108 Å². The molecule has 105 heavy (non-hydrogen) atoms. The molecule has 0 aliphatic rings. The van der Waals surface area contributed by atoms with Crippen molar-refractivity contribution >= 4 is 39.5 Å². The molecule has 0 saturated heterocycles. The molecule has 0 aromatic rings. The van der Waals surface area contributed by atoms with Gasteiger partial charge >= 0.3 is 39.5 Å². The molecule has 0 spiro atoms. The van der Waals surface area contributed by atoms with Gasteiger partial charge in [-0.15, -0.1) is 0 Å². The van der Waals surface area contributed by atoms with Gasteiger partial charge < -0.3 is 33.8 Å². The molecule has 0 fully saturated rings. The first-order valence-corrected chi connectivity index (χ1v) is 47.5. The fourth-order valence-electron chi connectivity index (χ4n) is 13.4. The minimum absolute atomic E-state index is 0.108. The second-order valence-corrected chi connectivity index (χ2v) is 34.6. The molecule has 6 atom stereocenters. The van der Waals surface area contributed by atoms with Gasteiger partial charge in [-0.2, -0.15) is 0 Å². The van der Waals surface area contributed by atoms with Gasteiger partial charge in [-0.1, -0.05) is 408 Å². The maximum atomic E-state index is 13.1. The summed E-state index contributed by atoms with van der Waals surface area (Å²) in [6.07, 6.45) is 69.5. The number of hydrogen-bond acceptors (Lipinski definition) is 15. The van der Waals surface area contributed by atoms with Crippen LogP contribution in [0, 0.1) is 11.8 Å². The number of aliphatic hydroxyl groups excluding tert-OH is 1. The first-order valence-electron chi connectivity index (χ1n) is 44.5. The van der Waals surface area contributed by atoms with Crippen molar-refractivity contribution in [1.82, 2.24) is 0 Å². The Labute approximate surface area is 645 Å². The van der Waals surface area contributed by atoms with Crippen molar-refractivity contribution in [3.63, 3.8) is 0 Å². The number of hydrogen-bond donors (Lipinski definition) is 3. The highest BCUT2D eigenvalue weighted by Gasteiger charge is 2.30. The second kappa shape index (κ2) is 77.4. The van der Waals surface area contributed by atoms with Crippen LogP contribution in [0.25, 0.3) is 0 Å². The molecule has 0 rings (SSSR count). The number of carbonyl (C=O) groups excluding carboxylic acids is 4. The van der Waals surface area contributed by atoms with Gasteiger partial charge in [0.15, 0.2) is 12.2 Å². The first-order chi connectivity index (χ1) is 50.9. The molecule has 0 amide bonds. The van der Waals surface area contributed by atoms with Gasteiger partial charge in [0.25, 0.3) is 0 Å². The van der Waals surface area contributed by atoms with Crippen LogP contribution in [0.4, 0.5) is 0 Å². The number of phosphoric ester groups is 2. The summed E-state index contributed by atoms with van der Waals surface area (Å²) in [6, 6.07) is 0. The van der Waals surface area contributed by atoms with Crippen molar-refractivity contribution in [2.75, 3.05) is 39.6 Å². The Hall–Kier alpha value is -1.94. The van der Waals surface area contributed by atoms with Crippen molar-refractivity contribution in [1.29, 1.82) is 0 Å². The second-order valence-electron chi connectivity index (χ2n) is 31.6. The highest BCUT2D eigenvalue weighted by atomic mass is 31.2. The summed E-state index contributed by atoms with van der Waals surface area (Å²) in [5, 5.41) is 10.7. The van der Waals surface area contributed by atoms with Gasteiger partial charge in [0.05, 0.1) is 26.4 Å². The third kappa shape index (κ3) is 78.5. The Morgan fingerprint density at radius 2 is 0.486 bits per heavy atom. The SMILES string of the molecule is CCCCCCCCCCCCCCCCCCCCCCCC(=O)O[C@H](COC(=O)CCCCCCCCCCCCCCCCCC(C)C)COP(=O)(O)OC[C@@H](O)COP(=O)(O)OC[C@@H](COC(=O)CCCCCCCCCC)OC(=O)CCCCCCCCCCCCCCCCC(C)CC. The van der Waals surface area contributed by atoms with E-state index >= 15 is 0 Å². The summed E-state index contributed by atoms with van der Waals surface area (Å²) in [4.78, 5) is 73.1. The summed E-state index contributed by atoms with van der Waals surface area (Å²) in [6.45, 7) is 9.72. The minimum atomic E-state index is -4.96. The number of aliphatic hydroxyl groups is 1. The quantitative estimate of drug-likeness (QED) is 0.0222. The average Bonchev–Trinajstić information content (AvgIpc) is 0.909. The topological polar surface area (TPSA) is 237 Å². The predicted octanol–water partition coefficient (Wildman–Crippen LogP) is 26.2. The summed E-state index contributed by atoms with van der Waals surface area (Å²) in [5.74, 6) is -0.452. The largest absolute Gasteiger partial charge is 0.472 e. The highest BCUT2D eigenvalue weighted by Crippen LogP contribution is 2.45.